The van der Waals surface area contributed by atoms with Gasteiger partial charge in [-0.1, -0.05) is 11.6 Å². The monoisotopic (exact) mass is 312 g/mol. The van der Waals surface area contributed by atoms with Crippen LogP contribution in [0, 0.1) is 0 Å². The molecule has 0 aliphatic heterocycles. The highest BCUT2D eigenvalue weighted by atomic mass is 35.5. The van der Waals surface area contributed by atoms with Crippen molar-refractivity contribution < 1.29 is 19.5 Å². The first-order chi connectivity index (χ1) is 9.81. The van der Waals surface area contributed by atoms with Gasteiger partial charge in [-0.25, -0.2) is 0 Å². The van der Waals surface area contributed by atoms with Gasteiger partial charge in [0, 0.05) is 32.5 Å². The van der Waals surface area contributed by atoms with Crippen LogP contribution in [0.2, 0.25) is 5.02 Å². The topological polar surface area (TPSA) is 86.7 Å². The summed E-state index contributed by atoms with van der Waals surface area (Å²) in [6.07, 6.45) is 0.254. The van der Waals surface area contributed by atoms with Crippen molar-refractivity contribution in [3.63, 3.8) is 0 Å². The van der Waals surface area contributed by atoms with Gasteiger partial charge in [0.2, 0.25) is 5.91 Å². The van der Waals surface area contributed by atoms with Crippen molar-refractivity contribution >= 4 is 35.1 Å². The summed E-state index contributed by atoms with van der Waals surface area (Å²) >= 11 is 5.98. The zero-order chi connectivity index (χ0) is 16.0. The van der Waals surface area contributed by atoms with Crippen molar-refractivity contribution in [3.8, 4) is 0 Å². The van der Waals surface area contributed by atoms with Gasteiger partial charge in [-0.15, -0.1) is 0 Å². The molecule has 0 saturated heterocycles. The van der Waals surface area contributed by atoms with Crippen LogP contribution in [-0.4, -0.2) is 41.9 Å². The molecule has 0 spiro atoms. The molecule has 114 valence electrons. The molecule has 1 aromatic carbocycles. The van der Waals surface area contributed by atoms with E-state index in [9.17, 15) is 14.4 Å². The molecular formula is C14H17ClN2O4. The lowest BCUT2D eigenvalue weighted by molar-refractivity contribution is -0.137. The number of hydrogen-bond donors (Lipinski definition) is 2. The molecule has 7 heteroatoms. The second kappa shape index (κ2) is 7.64. The Morgan fingerprint density at radius 2 is 1.90 bits per heavy atom. The molecule has 0 aliphatic carbocycles. The lowest BCUT2D eigenvalue weighted by Crippen LogP contribution is -2.22. The van der Waals surface area contributed by atoms with Crippen molar-refractivity contribution in [2.75, 3.05) is 19.4 Å². The number of nitrogens with one attached hydrogen (secondary N) is 1. The van der Waals surface area contributed by atoms with Gasteiger partial charge in [0.1, 0.15) is 0 Å². The average molecular weight is 313 g/mol. The van der Waals surface area contributed by atoms with E-state index in [2.05, 4.69) is 5.32 Å². The van der Waals surface area contributed by atoms with E-state index in [1.54, 1.807) is 20.2 Å². The highest BCUT2D eigenvalue weighted by Gasteiger charge is 2.12. The van der Waals surface area contributed by atoms with Crippen LogP contribution < -0.4 is 5.32 Å². The number of carbonyl (C=O) groups excluding carboxylic acids is 2. The Hall–Kier alpha value is -2.08. The summed E-state index contributed by atoms with van der Waals surface area (Å²) < 4.78 is 0. The zero-order valence-corrected chi connectivity index (χ0v) is 12.6. The van der Waals surface area contributed by atoms with Gasteiger partial charge in [-0.3, -0.25) is 14.4 Å². The smallest absolute Gasteiger partial charge is 0.303 e. The minimum Gasteiger partial charge on any atom is -0.481 e. The Morgan fingerprint density at radius 3 is 2.48 bits per heavy atom. The van der Waals surface area contributed by atoms with Gasteiger partial charge in [0.15, 0.2) is 0 Å². The van der Waals surface area contributed by atoms with E-state index in [1.807, 2.05) is 0 Å². The zero-order valence-electron chi connectivity index (χ0n) is 11.9. The minimum absolute atomic E-state index is 0.0691. The van der Waals surface area contributed by atoms with Crippen LogP contribution in [0.5, 0.6) is 0 Å². The Kier molecular flexibility index (Phi) is 6.17. The van der Waals surface area contributed by atoms with Crippen molar-refractivity contribution in [1.29, 1.82) is 0 Å². The van der Waals surface area contributed by atoms with Gasteiger partial charge in [0.25, 0.3) is 5.91 Å². The Balaban J connectivity index is 2.74. The number of nitrogens with zero attached hydrogens (tertiary/aromatic N) is 1. The summed E-state index contributed by atoms with van der Waals surface area (Å²) in [7, 11) is 3.25. The summed E-state index contributed by atoms with van der Waals surface area (Å²) in [5.74, 6) is -1.49. The number of carbonyl (C=O) groups is 3. The Morgan fingerprint density at radius 1 is 1.24 bits per heavy atom. The standard InChI is InChI=1S/C14H17ClN2O4/c1-17(2)14(21)9-6-7-10(15)11(8-9)16-12(18)4-3-5-13(19)20/h6-8H,3-5H2,1-2H3,(H,16,18)(H,19,20). The first kappa shape index (κ1) is 17.0. The normalized spacial score (nSPS) is 10.0. The number of amides is 2. The van der Waals surface area contributed by atoms with E-state index in [4.69, 9.17) is 16.7 Å². The minimum atomic E-state index is -0.945. The first-order valence-electron chi connectivity index (χ1n) is 6.34. The molecule has 6 nitrogen and oxygen atoms in total. The molecule has 0 aliphatic rings. The summed E-state index contributed by atoms with van der Waals surface area (Å²) in [4.78, 5) is 35.3. The van der Waals surface area contributed by atoms with Gasteiger partial charge in [0.05, 0.1) is 10.7 Å². The van der Waals surface area contributed by atoms with Gasteiger partial charge in [-0.05, 0) is 24.6 Å². The van der Waals surface area contributed by atoms with Crippen LogP contribution in [0.15, 0.2) is 18.2 Å². The SMILES string of the molecule is CN(C)C(=O)c1ccc(Cl)c(NC(=O)CCCC(=O)O)c1. The Labute approximate surface area is 127 Å². The third-order valence-electron chi connectivity index (χ3n) is 2.69. The lowest BCUT2D eigenvalue weighted by Gasteiger charge is -2.13. The van der Waals surface area contributed by atoms with E-state index >= 15 is 0 Å². The lowest BCUT2D eigenvalue weighted by atomic mass is 10.1. The molecule has 1 aromatic rings. The van der Waals surface area contributed by atoms with Crippen LogP contribution >= 0.6 is 11.6 Å². The molecule has 0 unspecified atom stereocenters. The molecule has 2 amide bonds. The number of carboxylic acids is 1. The molecule has 1 rings (SSSR count). The number of anilines is 1. The largest absolute Gasteiger partial charge is 0.481 e. The summed E-state index contributed by atoms with van der Waals surface area (Å²) in [5, 5.41) is 11.4. The maximum Gasteiger partial charge on any atom is 0.303 e. The van der Waals surface area contributed by atoms with E-state index < -0.39 is 5.97 Å². The summed E-state index contributed by atoms with van der Waals surface area (Å²) in [6.45, 7) is 0. The van der Waals surface area contributed by atoms with Crippen LogP contribution in [0.4, 0.5) is 5.69 Å². The van der Waals surface area contributed by atoms with Crippen LogP contribution in [-0.2, 0) is 9.59 Å². The second-order valence-electron chi connectivity index (χ2n) is 4.69. The maximum atomic E-state index is 11.8. The first-order valence-corrected chi connectivity index (χ1v) is 6.72. The van der Waals surface area contributed by atoms with Gasteiger partial charge in [-0.2, -0.15) is 0 Å². The molecule has 0 heterocycles. The quantitative estimate of drug-likeness (QED) is 0.843. The predicted molar refractivity (Wildman–Crippen MR) is 79.6 cm³/mol. The van der Waals surface area contributed by atoms with Crippen molar-refractivity contribution in [1.82, 2.24) is 4.90 Å². The number of carboxylic acid groups (broad SMARTS) is 1. The second-order valence-corrected chi connectivity index (χ2v) is 5.10. The van der Waals surface area contributed by atoms with Crippen molar-refractivity contribution in [3.05, 3.63) is 28.8 Å². The molecule has 0 aromatic heterocycles. The van der Waals surface area contributed by atoms with Crippen LogP contribution in [0.25, 0.3) is 0 Å². The van der Waals surface area contributed by atoms with Gasteiger partial charge < -0.3 is 15.3 Å². The fraction of sp³-hybridized carbons (Fsp3) is 0.357. The maximum absolute atomic E-state index is 11.8. The van der Waals surface area contributed by atoms with Gasteiger partial charge >= 0.3 is 5.97 Å². The number of benzene rings is 1. The van der Waals surface area contributed by atoms with E-state index in [1.165, 1.54) is 17.0 Å². The number of aliphatic carboxylic acids is 1. The summed E-state index contributed by atoms with van der Waals surface area (Å²) in [5.41, 5.74) is 0.745. The highest BCUT2D eigenvalue weighted by Crippen LogP contribution is 2.24. The molecule has 0 atom stereocenters. The van der Waals surface area contributed by atoms with E-state index in [0.29, 0.717) is 16.3 Å². The molecule has 0 bridgehead atoms. The van der Waals surface area contributed by atoms with Crippen LogP contribution in [0.1, 0.15) is 29.6 Å². The molecule has 0 radical (unpaired) electrons. The van der Waals surface area contributed by atoms with E-state index in [-0.39, 0.29) is 31.1 Å². The predicted octanol–water partition coefficient (Wildman–Crippen LogP) is 2.24. The average Bonchev–Trinajstić information content (AvgIpc) is 2.39. The third kappa shape index (κ3) is 5.43. The highest BCUT2D eigenvalue weighted by molar-refractivity contribution is 6.33. The molecule has 2 N–H and O–H groups in total. The molecule has 0 saturated carbocycles. The van der Waals surface area contributed by atoms with Crippen LogP contribution in [0.3, 0.4) is 0 Å². The van der Waals surface area contributed by atoms with Crippen molar-refractivity contribution in [2.24, 2.45) is 0 Å². The molecule has 21 heavy (non-hydrogen) atoms. The van der Waals surface area contributed by atoms with E-state index in [0.717, 1.165) is 0 Å². The molecule has 0 fully saturated rings. The number of rotatable bonds is 6. The number of halogens is 1. The fourth-order valence-corrected chi connectivity index (χ4v) is 1.79. The number of hydrogen-bond acceptors (Lipinski definition) is 3. The third-order valence-corrected chi connectivity index (χ3v) is 3.02. The molecular weight excluding hydrogens is 296 g/mol. The fourth-order valence-electron chi connectivity index (χ4n) is 1.63. The van der Waals surface area contributed by atoms with Crippen molar-refractivity contribution in [2.45, 2.75) is 19.3 Å². The Bertz CT molecular complexity index is 558. The summed E-state index contributed by atoms with van der Waals surface area (Å²) in [6, 6.07) is 4.61.